The number of fused-ring (bicyclic) bond motifs is 5. The zero-order chi connectivity index (χ0) is 14.6. The molecule has 4 nitrogen and oxygen atoms in total. The first-order valence-electron chi connectivity index (χ1n) is 6.79. The van der Waals surface area contributed by atoms with E-state index < -0.39 is 0 Å². The second-order valence-electron chi connectivity index (χ2n) is 5.24. The Morgan fingerprint density at radius 1 is 0.810 bits per heavy atom. The summed E-state index contributed by atoms with van der Waals surface area (Å²) in [5.74, 6) is 0.499. The fourth-order valence-corrected chi connectivity index (χ4v) is 2.97. The van der Waals surface area contributed by atoms with Gasteiger partial charge in [-0.05, 0) is 25.1 Å². The molecular weight excluding hydrogens is 260 g/mol. The molecule has 4 rings (SSSR count). The first-order chi connectivity index (χ1) is 10.1. The number of aryl methyl sites for hydroxylation is 1. The van der Waals surface area contributed by atoms with Gasteiger partial charge in [0.1, 0.15) is 5.82 Å². The number of nitrogen functional groups attached to an aromatic ring is 2. The van der Waals surface area contributed by atoms with Crippen LogP contribution in [0.15, 0.2) is 42.5 Å². The van der Waals surface area contributed by atoms with Gasteiger partial charge in [0.15, 0.2) is 0 Å². The van der Waals surface area contributed by atoms with Crippen molar-refractivity contribution < 1.29 is 0 Å². The van der Waals surface area contributed by atoms with Crippen LogP contribution < -0.4 is 11.5 Å². The average Bonchev–Trinajstić information content (AvgIpc) is 2.46. The molecular formula is C17H14N4. The third kappa shape index (κ3) is 1.62. The maximum Gasteiger partial charge on any atom is 0.133 e. The molecule has 0 unspecified atom stereocenters. The van der Waals surface area contributed by atoms with Crippen LogP contribution in [-0.4, -0.2) is 9.97 Å². The summed E-state index contributed by atoms with van der Waals surface area (Å²) in [5, 5.41) is 4.16. The summed E-state index contributed by atoms with van der Waals surface area (Å²) in [5.41, 5.74) is 15.4. The molecule has 0 aliphatic heterocycles. The van der Waals surface area contributed by atoms with E-state index in [4.69, 9.17) is 11.5 Å². The Labute approximate surface area is 121 Å². The molecule has 21 heavy (non-hydrogen) atoms. The molecule has 0 fully saturated rings. The van der Waals surface area contributed by atoms with Crippen molar-refractivity contribution in [3.8, 4) is 0 Å². The normalized spacial score (nSPS) is 11.5. The van der Waals surface area contributed by atoms with Crippen LogP contribution in [0, 0.1) is 6.92 Å². The van der Waals surface area contributed by atoms with Crippen molar-refractivity contribution in [3.63, 3.8) is 0 Å². The Hall–Kier alpha value is -2.88. The Bertz CT molecular complexity index is 1020. The predicted octanol–water partition coefficient (Wildman–Crippen LogP) is 3.41. The van der Waals surface area contributed by atoms with E-state index in [1.165, 1.54) is 0 Å². The second-order valence-corrected chi connectivity index (χ2v) is 5.24. The highest BCUT2D eigenvalue weighted by molar-refractivity contribution is 6.21. The summed E-state index contributed by atoms with van der Waals surface area (Å²) in [6.45, 7) is 1.97. The minimum atomic E-state index is 0.499. The van der Waals surface area contributed by atoms with Gasteiger partial charge < -0.3 is 11.5 Å². The fraction of sp³-hybridized carbons (Fsp3) is 0.0588. The molecule has 4 aromatic rings. The summed E-state index contributed by atoms with van der Waals surface area (Å²) in [4.78, 5) is 9.13. The predicted molar refractivity (Wildman–Crippen MR) is 88.1 cm³/mol. The lowest BCUT2D eigenvalue weighted by Gasteiger charge is -2.12. The molecule has 0 saturated carbocycles. The van der Waals surface area contributed by atoms with Gasteiger partial charge in [-0.2, -0.15) is 0 Å². The maximum atomic E-state index is 6.17. The number of rotatable bonds is 0. The molecule has 0 aliphatic rings. The zero-order valence-corrected chi connectivity index (χ0v) is 11.6. The smallest absolute Gasteiger partial charge is 0.133 e. The zero-order valence-electron chi connectivity index (χ0n) is 11.6. The SMILES string of the molecule is Cc1nc2ccccc2c2c1c(N)nc1cc(N)ccc12. The molecule has 2 aromatic carbocycles. The van der Waals surface area contributed by atoms with Gasteiger partial charge in [0, 0.05) is 32.9 Å². The summed E-state index contributed by atoms with van der Waals surface area (Å²) < 4.78 is 0. The van der Waals surface area contributed by atoms with E-state index in [1.807, 2.05) is 43.3 Å². The van der Waals surface area contributed by atoms with Crippen LogP contribution in [-0.2, 0) is 0 Å². The monoisotopic (exact) mass is 274 g/mol. The van der Waals surface area contributed by atoms with E-state index in [0.29, 0.717) is 11.5 Å². The van der Waals surface area contributed by atoms with Crippen LogP contribution in [0.25, 0.3) is 32.6 Å². The molecule has 0 bridgehead atoms. The van der Waals surface area contributed by atoms with E-state index in [1.54, 1.807) is 0 Å². The number of hydrogen-bond donors (Lipinski definition) is 2. The largest absolute Gasteiger partial charge is 0.399 e. The van der Waals surface area contributed by atoms with Gasteiger partial charge in [0.05, 0.1) is 11.0 Å². The average molecular weight is 274 g/mol. The van der Waals surface area contributed by atoms with E-state index in [2.05, 4.69) is 16.0 Å². The van der Waals surface area contributed by atoms with Crippen molar-refractivity contribution in [2.75, 3.05) is 11.5 Å². The molecule has 0 atom stereocenters. The Morgan fingerprint density at radius 2 is 1.57 bits per heavy atom. The molecule has 0 spiro atoms. The van der Waals surface area contributed by atoms with Crippen molar-refractivity contribution >= 4 is 44.1 Å². The van der Waals surface area contributed by atoms with Crippen molar-refractivity contribution in [2.45, 2.75) is 6.92 Å². The minimum Gasteiger partial charge on any atom is -0.399 e. The van der Waals surface area contributed by atoms with Crippen molar-refractivity contribution in [3.05, 3.63) is 48.2 Å². The third-order valence-corrected chi connectivity index (χ3v) is 3.86. The lowest BCUT2D eigenvalue weighted by atomic mass is 10.0. The molecule has 0 aliphatic carbocycles. The van der Waals surface area contributed by atoms with E-state index in [-0.39, 0.29) is 0 Å². The van der Waals surface area contributed by atoms with E-state index in [9.17, 15) is 0 Å². The highest BCUT2D eigenvalue weighted by Gasteiger charge is 2.13. The van der Waals surface area contributed by atoms with Crippen LogP contribution in [0.1, 0.15) is 5.69 Å². The van der Waals surface area contributed by atoms with Crippen LogP contribution in [0.3, 0.4) is 0 Å². The van der Waals surface area contributed by atoms with Gasteiger partial charge in [-0.3, -0.25) is 4.98 Å². The summed E-state index contributed by atoms with van der Waals surface area (Å²) in [6.07, 6.45) is 0. The van der Waals surface area contributed by atoms with Crippen molar-refractivity contribution in [2.24, 2.45) is 0 Å². The van der Waals surface area contributed by atoms with Gasteiger partial charge in [-0.1, -0.05) is 24.3 Å². The molecule has 102 valence electrons. The molecule has 4 heteroatoms. The van der Waals surface area contributed by atoms with Crippen molar-refractivity contribution in [1.29, 1.82) is 0 Å². The van der Waals surface area contributed by atoms with Gasteiger partial charge >= 0.3 is 0 Å². The quantitative estimate of drug-likeness (QED) is 0.380. The van der Waals surface area contributed by atoms with Gasteiger partial charge in [0.2, 0.25) is 0 Å². The number of anilines is 2. The lowest BCUT2D eigenvalue weighted by Crippen LogP contribution is -1.98. The summed E-state index contributed by atoms with van der Waals surface area (Å²) in [6, 6.07) is 13.8. The Morgan fingerprint density at radius 3 is 2.43 bits per heavy atom. The number of nitrogens with two attached hydrogens (primary N) is 2. The van der Waals surface area contributed by atoms with Gasteiger partial charge in [-0.25, -0.2) is 4.98 Å². The number of para-hydroxylation sites is 1. The molecule has 2 aromatic heterocycles. The maximum absolute atomic E-state index is 6.17. The number of hydrogen-bond acceptors (Lipinski definition) is 4. The number of benzene rings is 2. The van der Waals surface area contributed by atoms with Crippen LogP contribution in [0.5, 0.6) is 0 Å². The number of pyridine rings is 2. The Balaban J connectivity index is 2.40. The topological polar surface area (TPSA) is 77.8 Å². The van der Waals surface area contributed by atoms with E-state index in [0.717, 1.165) is 38.3 Å². The lowest BCUT2D eigenvalue weighted by molar-refractivity contribution is 1.28. The third-order valence-electron chi connectivity index (χ3n) is 3.86. The molecule has 0 amide bonds. The van der Waals surface area contributed by atoms with Crippen LogP contribution >= 0.6 is 0 Å². The van der Waals surface area contributed by atoms with Gasteiger partial charge in [0.25, 0.3) is 0 Å². The van der Waals surface area contributed by atoms with Crippen molar-refractivity contribution in [1.82, 2.24) is 9.97 Å². The number of nitrogens with zero attached hydrogens (tertiary/aromatic N) is 2. The first-order valence-corrected chi connectivity index (χ1v) is 6.79. The molecule has 2 heterocycles. The summed E-state index contributed by atoms with van der Waals surface area (Å²) in [7, 11) is 0. The molecule has 0 saturated heterocycles. The molecule has 0 radical (unpaired) electrons. The van der Waals surface area contributed by atoms with E-state index >= 15 is 0 Å². The standard InChI is InChI=1S/C17H14N4/c1-9-15-16(11-4-2-3-5-13(11)20-9)12-7-6-10(18)8-14(12)21-17(15)19/h2-8H,18H2,1H3,(H2,19,21). The van der Waals surface area contributed by atoms with Gasteiger partial charge in [-0.15, -0.1) is 0 Å². The number of aromatic nitrogens is 2. The second kappa shape index (κ2) is 4.06. The van der Waals surface area contributed by atoms with Crippen LogP contribution in [0.4, 0.5) is 11.5 Å². The fourth-order valence-electron chi connectivity index (χ4n) is 2.97. The highest BCUT2D eigenvalue weighted by Crippen LogP contribution is 2.35. The molecule has 4 N–H and O–H groups in total. The highest BCUT2D eigenvalue weighted by atomic mass is 14.8. The summed E-state index contributed by atoms with van der Waals surface area (Å²) >= 11 is 0. The minimum absolute atomic E-state index is 0.499. The first kappa shape index (κ1) is 11.9. The Kier molecular flexibility index (Phi) is 2.30. The van der Waals surface area contributed by atoms with Crippen LogP contribution in [0.2, 0.25) is 0 Å².